The van der Waals surface area contributed by atoms with E-state index in [0.717, 1.165) is 12.5 Å². The molecule has 6 nitrogen and oxygen atoms in total. The number of hydrogen-bond acceptors (Lipinski definition) is 5. The van der Waals surface area contributed by atoms with Crippen LogP contribution < -0.4 is 4.74 Å². The maximum absolute atomic E-state index is 13.8. The first-order valence-electron chi connectivity index (χ1n) is 7.28. The second-order valence-corrected chi connectivity index (χ2v) is 4.71. The van der Waals surface area contributed by atoms with Gasteiger partial charge in [-0.05, 0) is 25.5 Å². The Morgan fingerprint density at radius 2 is 2.04 bits per heavy atom. The molecule has 0 bridgehead atoms. The van der Waals surface area contributed by atoms with Crippen molar-refractivity contribution in [2.75, 3.05) is 13.2 Å². The number of hydrogen-bond donors (Lipinski definition) is 1. The summed E-state index contributed by atoms with van der Waals surface area (Å²) in [7, 11) is 0. The third kappa shape index (κ3) is 3.82. The van der Waals surface area contributed by atoms with Crippen molar-refractivity contribution in [2.24, 2.45) is 0 Å². The summed E-state index contributed by atoms with van der Waals surface area (Å²) in [6.45, 7) is 4.03. The number of nitrogens with zero attached hydrogens (tertiary/aromatic N) is 2. The molecule has 8 heteroatoms. The maximum Gasteiger partial charge on any atom is 0.361 e. The lowest BCUT2D eigenvalue weighted by molar-refractivity contribution is 0.0520. The predicted octanol–water partition coefficient (Wildman–Crippen LogP) is 3.11. The van der Waals surface area contributed by atoms with Crippen LogP contribution in [0.1, 0.15) is 37.2 Å². The van der Waals surface area contributed by atoms with Crippen LogP contribution in [0.2, 0.25) is 0 Å². The lowest BCUT2D eigenvalue weighted by atomic mass is 10.1. The molecule has 0 saturated carbocycles. The number of unbranched alkanes of at least 4 members (excludes halogenated alkanes) is 1. The SMILES string of the molecule is CCCCOc1cc(-c2n[nH]nc2C(=O)OCC)cc(F)c1F. The van der Waals surface area contributed by atoms with Crippen LogP contribution in [-0.4, -0.2) is 34.6 Å². The van der Waals surface area contributed by atoms with Gasteiger partial charge in [0.1, 0.15) is 5.69 Å². The highest BCUT2D eigenvalue weighted by molar-refractivity contribution is 5.94. The third-order valence-electron chi connectivity index (χ3n) is 3.04. The fourth-order valence-electron chi connectivity index (χ4n) is 1.91. The van der Waals surface area contributed by atoms with Gasteiger partial charge >= 0.3 is 5.97 Å². The smallest absolute Gasteiger partial charge is 0.361 e. The summed E-state index contributed by atoms with van der Waals surface area (Å²) in [6.07, 6.45) is 1.57. The minimum absolute atomic E-state index is 0.0719. The molecule has 1 heterocycles. The monoisotopic (exact) mass is 325 g/mol. The van der Waals surface area contributed by atoms with Gasteiger partial charge < -0.3 is 9.47 Å². The Kier molecular flexibility index (Phi) is 5.61. The van der Waals surface area contributed by atoms with Gasteiger partial charge in [-0.1, -0.05) is 13.3 Å². The molecular weight excluding hydrogens is 308 g/mol. The van der Waals surface area contributed by atoms with Crippen LogP contribution in [0.25, 0.3) is 11.3 Å². The molecule has 23 heavy (non-hydrogen) atoms. The van der Waals surface area contributed by atoms with Crippen LogP contribution in [-0.2, 0) is 4.74 Å². The molecule has 0 spiro atoms. The zero-order chi connectivity index (χ0) is 16.8. The van der Waals surface area contributed by atoms with Crippen LogP contribution in [0.5, 0.6) is 5.75 Å². The Morgan fingerprint density at radius 1 is 1.26 bits per heavy atom. The molecule has 0 amide bonds. The fourth-order valence-corrected chi connectivity index (χ4v) is 1.91. The Bertz CT molecular complexity index is 689. The average Bonchev–Trinajstić information content (AvgIpc) is 3.01. The minimum Gasteiger partial charge on any atom is -0.490 e. The van der Waals surface area contributed by atoms with Gasteiger partial charge in [-0.3, -0.25) is 0 Å². The molecule has 0 aliphatic rings. The second-order valence-electron chi connectivity index (χ2n) is 4.71. The second kappa shape index (κ2) is 7.66. The number of benzene rings is 1. The molecule has 2 rings (SSSR count). The fraction of sp³-hybridized carbons (Fsp3) is 0.400. The van der Waals surface area contributed by atoms with Gasteiger partial charge in [-0.25, -0.2) is 9.18 Å². The molecule has 1 aromatic carbocycles. The van der Waals surface area contributed by atoms with Crippen molar-refractivity contribution in [1.82, 2.24) is 15.4 Å². The number of H-pyrrole nitrogens is 1. The van der Waals surface area contributed by atoms with Crippen LogP contribution in [0, 0.1) is 11.6 Å². The number of carbonyl (C=O) groups excluding carboxylic acids is 1. The molecule has 0 atom stereocenters. The van der Waals surface area contributed by atoms with E-state index in [1.54, 1.807) is 6.92 Å². The van der Waals surface area contributed by atoms with Gasteiger partial charge in [0, 0.05) is 5.56 Å². The Morgan fingerprint density at radius 3 is 2.74 bits per heavy atom. The van der Waals surface area contributed by atoms with Crippen molar-refractivity contribution in [3.05, 3.63) is 29.5 Å². The highest BCUT2D eigenvalue weighted by Gasteiger charge is 2.22. The Hall–Kier alpha value is -2.51. The number of nitrogens with one attached hydrogen (secondary N) is 1. The first-order valence-corrected chi connectivity index (χ1v) is 7.28. The zero-order valence-corrected chi connectivity index (χ0v) is 12.9. The van der Waals surface area contributed by atoms with Gasteiger partial charge in [-0.2, -0.15) is 14.7 Å². The largest absolute Gasteiger partial charge is 0.490 e. The summed E-state index contributed by atoms with van der Waals surface area (Å²) >= 11 is 0. The van der Waals surface area contributed by atoms with E-state index in [-0.39, 0.29) is 35.9 Å². The van der Waals surface area contributed by atoms with E-state index in [0.29, 0.717) is 6.42 Å². The number of halogens is 2. The molecule has 0 unspecified atom stereocenters. The molecule has 1 N–H and O–H groups in total. The standard InChI is InChI=1S/C15H17F2N3O3/c1-3-5-6-23-11-8-9(7-10(16)12(11)17)13-14(19-20-18-13)15(21)22-4-2/h7-8H,3-6H2,1-2H3,(H,18,19,20). The van der Waals surface area contributed by atoms with Crippen LogP contribution in [0.3, 0.4) is 0 Å². The topological polar surface area (TPSA) is 77.1 Å². The van der Waals surface area contributed by atoms with Crippen molar-refractivity contribution in [3.63, 3.8) is 0 Å². The summed E-state index contributed by atoms with van der Waals surface area (Å²) in [4.78, 5) is 11.8. The number of aromatic nitrogens is 3. The average molecular weight is 325 g/mol. The molecule has 124 valence electrons. The summed E-state index contributed by atoms with van der Waals surface area (Å²) in [6, 6.07) is 2.22. The minimum atomic E-state index is -1.09. The van der Waals surface area contributed by atoms with Gasteiger partial charge in [0.05, 0.1) is 13.2 Å². The molecular formula is C15H17F2N3O3. The van der Waals surface area contributed by atoms with Gasteiger partial charge in [-0.15, -0.1) is 5.10 Å². The number of carbonyl (C=O) groups is 1. The normalized spacial score (nSPS) is 10.6. The van der Waals surface area contributed by atoms with Crippen LogP contribution in [0.15, 0.2) is 12.1 Å². The third-order valence-corrected chi connectivity index (χ3v) is 3.04. The van der Waals surface area contributed by atoms with E-state index in [9.17, 15) is 13.6 Å². The van der Waals surface area contributed by atoms with E-state index in [1.807, 2.05) is 6.92 Å². The highest BCUT2D eigenvalue weighted by atomic mass is 19.2. The molecule has 0 saturated heterocycles. The quantitative estimate of drug-likeness (QED) is 0.625. The first kappa shape index (κ1) is 16.9. The van der Waals surface area contributed by atoms with E-state index in [2.05, 4.69) is 15.4 Å². The maximum atomic E-state index is 13.8. The number of aromatic amines is 1. The highest BCUT2D eigenvalue weighted by Crippen LogP contribution is 2.29. The van der Waals surface area contributed by atoms with Gasteiger partial charge in [0.15, 0.2) is 17.3 Å². The molecule has 0 radical (unpaired) electrons. The lowest BCUT2D eigenvalue weighted by Gasteiger charge is -2.09. The van der Waals surface area contributed by atoms with Crippen LogP contribution >= 0.6 is 0 Å². The Labute approximate surface area is 131 Å². The van der Waals surface area contributed by atoms with Crippen molar-refractivity contribution >= 4 is 5.97 Å². The van der Waals surface area contributed by atoms with Crippen molar-refractivity contribution in [1.29, 1.82) is 0 Å². The summed E-state index contributed by atoms with van der Waals surface area (Å²) in [5, 5.41) is 9.80. The van der Waals surface area contributed by atoms with E-state index >= 15 is 0 Å². The lowest BCUT2D eigenvalue weighted by Crippen LogP contribution is -2.07. The number of rotatable bonds is 7. The van der Waals surface area contributed by atoms with Crippen LogP contribution in [0.4, 0.5) is 8.78 Å². The molecule has 0 fully saturated rings. The molecule has 2 aromatic rings. The van der Waals surface area contributed by atoms with E-state index in [1.165, 1.54) is 6.07 Å². The Balaban J connectivity index is 2.37. The van der Waals surface area contributed by atoms with E-state index < -0.39 is 17.6 Å². The van der Waals surface area contributed by atoms with Crippen molar-refractivity contribution in [3.8, 4) is 17.0 Å². The van der Waals surface area contributed by atoms with Crippen molar-refractivity contribution < 1.29 is 23.0 Å². The molecule has 1 aromatic heterocycles. The summed E-state index contributed by atoms with van der Waals surface area (Å²) in [5.41, 5.74) is 0.146. The molecule has 0 aliphatic heterocycles. The predicted molar refractivity (Wildman–Crippen MR) is 78.1 cm³/mol. The number of esters is 1. The van der Waals surface area contributed by atoms with Gasteiger partial charge in [0.2, 0.25) is 5.82 Å². The zero-order valence-electron chi connectivity index (χ0n) is 12.9. The van der Waals surface area contributed by atoms with Crippen molar-refractivity contribution in [2.45, 2.75) is 26.7 Å². The van der Waals surface area contributed by atoms with Gasteiger partial charge in [0.25, 0.3) is 0 Å². The molecule has 0 aliphatic carbocycles. The number of ether oxygens (including phenoxy) is 2. The van der Waals surface area contributed by atoms with E-state index in [4.69, 9.17) is 9.47 Å². The first-order chi connectivity index (χ1) is 11.1. The summed E-state index contributed by atoms with van der Waals surface area (Å²) in [5.74, 6) is -3.10. The summed E-state index contributed by atoms with van der Waals surface area (Å²) < 4.78 is 37.7.